The molecule has 1 N–H and O–H groups in total. The van der Waals surface area contributed by atoms with Gasteiger partial charge in [-0.15, -0.1) is 21.5 Å². The Morgan fingerprint density at radius 3 is 3.00 bits per heavy atom. The van der Waals surface area contributed by atoms with Crippen LogP contribution in [0.25, 0.3) is 0 Å². The molecule has 0 bridgehead atoms. The second kappa shape index (κ2) is 6.26. The maximum Gasteiger partial charge on any atom is 0.232 e. The topological polar surface area (TPSA) is 67.8 Å². The summed E-state index contributed by atoms with van der Waals surface area (Å²) in [5.41, 5.74) is 0.794. The van der Waals surface area contributed by atoms with Crippen molar-refractivity contribution in [1.29, 1.82) is 0 Å². The summed E-state index contributed by atoms with van der Waals surface area (Å²) in [5, 5.41) is 14.0. The van der Waals surface area contributed by atoms with Gasteiger partial charge in [0.05, 0.1) is 17.1 Å². The van der Waals surface area contributed by atoms with Crippen LogP contribution in [0.5, 0.6) is 0 Å². The standard InChI is InChI=1S/C10H12N4OS3/c1-3-16-10-14-13-9(18-10)12-8(15)4-7-5-17-6(2)11-7/h5H,3-4H2,1-2H3,(H,12,13,15). The van der Waals surface area contributed by atoms with E-state index in [1.165, 1.54) is 11.3 Å². The summed E-state index contributed by atoms with van der Waals surface area (Å²) >= 11 is 4.55. The van der Waals surface area contributed by atoms with Crippen molar-refractivity contribution in [3.05, 3.63) is 16.1 Å². The number of carbonyl (C=O) groups excluding carboxylic acids is 1. The van der Waals surface area contributed by atoms with Crippen LogP contribution in [0.3, 0.4) is 0 Å². The highest BCUT2D eigenvalue weighted by Gasteiger charge is 2.10. The molecular weight excluding hydrogens is 288 g/mol. The van der Waals surface area contributed by atoms with Gasteiger partial charge in [-0.3, -0.25) is 4.79 Å². The SMILES string of the molecule is CCSc1nnc(NC(=O)Cc2csc(C)n2)s1. The lowest BCUT2D eigenvalue weighted by atomic mass is 10.3. The van der Waals surface area contributed by atoms with E-state index < -0.39 is 0 Å². The van der Waals surface area contributed by atoms with Crippen LogP contribution in [0.4, 0.5) is 5.13 Å². The molecule has 0 aliphatic carbocycles. The van der Waals surface area contributed by atoms with Gasteiger partial charge in [-0.2, -0.15) is 0 Å². The third-order valence-corrected chi connectivity index (χ3v) is 4.61. The average Bonchev–Trinajstić information content (AvgIpc) is 2.89. The van der Waals surface area contributed by atoms with Crippen molar-refractivity contribution in [2.45, 2.75) is 24.6 Å². The number of thioether (sulfide) groups is 1. The molecule has 0 atom stereocenters. The van der Waals surface area contributed by atoms with Gasteiger partial charge in [0.15, 0.2) is 4.34 Å². The number of nitrogens with one attached hydrogen (secondary N) is 1. The van der Waals surface area contributed by atoms with E-state index in [-0.39, 0.29) is 12.3 Å². The zero-order valence-electron chi connectivity index (χ0n) is 9.97. The molecule has 2 heterocycles. The third kappa shape index (κ3) is 3.76. The molecule has 0 spiro atoms. The van der Waals surface area contributed by atoms with E-state index in [1.54, 1.807) is 23.1 Å². The first-order chi connectivity index (χ1) is 8.67. The molecule has 0 aliphatic heterocycles. The summed E-state index contributed by atoms with van der Waals surface area (Å²) in [6, 6.07) is 0. The van der Waals surface area contributed by atoms with Crippen molar-refractivity contribution < 1.29 is 4.79 Å². The predicted molar refractivity (Wildman–Crippen MR) is 75.5 cm³/mol. The molecule has 5 nitrogen and oxygen atoms in total. The molecule has 0 aromatic carbocycles. The molecular formula is C10H12N4OS3. The number of amides is 1. The van der Waals surface area contributed by atoms with Gasteiger partial charge in [-0.1, -0.05) is 30.0 Å². The highest BCUT2D eigenvalue weighted by atomic mass is 32.2. The number of aromatic nitrogens is 3. The highest BCUT2D eigenvalue weighted by molar-refractivity contribution is 8.01. The molecule has 96 valence electrons. The molecule has 2 aromatic rings. The molecule has 0 fully saturated rings. The third-order valence-electron chi connectivity index (χ3n) is 1.93. The van der Waals surface area contributed by atoms with Gasteiger partial charge in [-0.25, -0.2) is 4.98 Å². The first kappa shape index (κ1) is 13.4. The number of rotatable bonds is 5. The van der Waals surface area contributed by atoms with E-state index in [0.29, 0.717) is 5.13 Å². The average molecular weight is 300 g/mol. The fourth-order valence-electron chi connectivity index (χ4n) is 1.26. The number of anilines is 1. The van der Waals surface area contributed by atoms with Crippen molar-refractivity contribution in [1.82, 2.24) is 15.2 Å². The van der Waals surface area contributed by atoms with Gasteiger partial charge in [0.25, 0.3) is 0 Å². The van der Waals surface area contributed by atoms with Crippen molar-refractivity contribution >= 4 is 45.5 Å². The summed E-state index contributed by atoms with van der Waals surface area (Å²) in [6.07, 6.45) is 0.278. The van der Waals surface area contributed by atoms with Crippen LogP contribution in [0.2, 0.25) is 0 Å². The Balaban J connectivity index is 1.90. The molecule has 0 aliphatic rings. The summed E-state index contributed by atoms with van der Waals surface area (Å²) < 4.78 is 0.873. The van der Waals surface area contributed by atoms with Crippen molar-refractivity contribution in [2.24, 2.45) is 0 Å². The Morgan fingerprint density at radius 2 is 2.33 bits per heavy atom. The van der Waals surface area contributed by atoms with E-state index in [4.69, 9.17) is 0 Å². The van der Waals surface area contributed by atoms with Crippen molar-refractivity contribution in [3.8, 4) is 0 Å². The van der Waals surface area contributed by atoms with Crippen LogP contribution >= 0.6 is 34.4 Å². The minimum Gasteiger partial charge on any atom is -0.300 e. The van der Waals surface area contributed by atoms with Gasteiger partial charge in [-0.05, 0) is 12.7 Å². The minimum atomic E-state index is -0.107. The van der Waals surface area contributed by atoms with Gasteiger partial charge < -0.3 is 5.32 Å². The van der Waals surface area contributed by atoms with Crippen LogP contribution in [0.1, 0.15) is 17.6 Å². The number of hydrogen-bond acceptors (Lipinski definition) is 7. The van der Waals surface area contributed by atoms with Crippen LogP contribution in [0, 0.1) is 6.92 Å². The van der Waals surface area contributed by atoms with E-state index >= 15 is 0 Å². The van der Waals surface area contributed by atoms with Gasteiger partial charge in [0, 0.05) is 5.38 Å². The first-order valence-electron chi connectivity index (χ1n) is 5.34. The fourth-order valence-corrected chi connectivity index (χ4v) is 3.54. The number of thiazole rings is 1. The van der Waals surface area contributed by atoms with Crippen LogP contribution in [0.15, 0.2) is 9.72 Å². The molecule has 0 saturated carbocycles. The lowest BCUT2D eigenvalue weighted by Gasteiger charge is -1.97. The quantitative estimate of drug-likeness (QED) is 0.679. The second-order valence-electron chi connectivity index (χ2n) is 3.39. The Kier molecular flexibility index (Phi) is 4.67. The van der Waals surface area contributed by atoms with Crippen LogP contribution in [-0.4, -0.2) is 26.8 Å². The molecule has 2 aromatic heterocycles. The van der Waals surface area contributed by atoms with E-state index in [9.17, 15) is 4.79 Å². The maximum atomic E-state index is 11.7. The lowest BCUT2D eigenvalue weighted by molar-refractivity contribution is -0.115. The number of carbonyl (C=O) groups is 1. The largest absolute Gasteiger partial charge is 0.300 e. The van der Waals surface area contributed by atoms with E-state index in [2.05, 4.69) is 27.4 Å². The highest BCUT2D eigenvalue weighted by Crippen LogP contribution is 2.25. The fraction of sp³-hybridized carbons (Fsp3) is 0.400. The second-order valence-corrected chi connectivity index (χ2v) is 6.94. The van der Waals surface area contributed by atoms with Crippen LogP contribution in [-0.2, 0) is 11.2 Å². The maximum absolute atomic E-state index is 11.7. The molecule has 0 saturated heterocycles. The van der Waals surface area contributed by atoms with Gasteiger partial charge in [0.1, 0.15) is 0 Å². The molecule has 0 unspecified atom stereocenters. The number of hydrogen-bond donors (Lipinski definition) is 1. The molecule has 1 amide bonds. The van der Waals surface area contributed by atoms with E-state index in [0.717, 1.165) is 20.8 Å². The smallest absolute Gasteiger partial charge is 0.232 e. The van der Waals surface area contributed by atoms with Crippen molar-refractivity contribution in [2.75, 3.05) is 11.1 Å². The van der Waals surface area contributed by atoms with Crippen molar-refractivity contribution in [3.63, 3.8) is 0 Å². The number of aryl methyl sites for hydroxylation is 1. The summed E-state index contributed by atoms with van der Waals surface area (Å²) in [7, 11) is 0. The predicted octanol–water partition coefficient (Wildman–Crippen LogP) is 2.60. The summed E-state index contributed by atoms with van der Waals surface area (Å²) in [6.45, 7) is 3.97. The summed E-state index contributed by atoms with van der Waals surface area (Å²) in [5.74, 6) is 0.838. The Morgan fingerprint density at radius 1 is 1.50 bits per heavy atom. The first-order valence-corrected chi connectivity index (χ1v) is 8.02. The zero-order valence-corrected chi connectivity index (χ0v) is 12.4. The Labute approximate surface area is 117 Å². The summed E-state index contributed by atoms with van der Waals surface area (Å²) in [4.78, 5) is 16.0. The van der Waals surface area contributed by atoms with Crippen LogP contribution < -0.4 is 5.32 Å². The molecule has 18 heavy (non-hydrogen) atoms. The zero-order chi connectivity index (χ0) is 13.0. The normalized spacial score (nSPS) is 10.6. The lowest BCUT2D eigenvalue weighted by Crippen LogP contribution is -2.14. The van der Waals surface area contributed by atoms with Gasteiger partial charge in [0.2, 0.25) is 11.0 Å². The monoisotopic (exact) mass is 300 g/mol. The Hall–Kier alpha value is -0.990. The molecule has 0 radical (unpaired) electrons. The van der Waals surface area contributed by atoms with E-state index in [1.807, 2.05) is 12.3 Å². The minimum absolute atomic E-state index is 0.107. The molecule has 2 rings (SSSR count). The Bertz CT molecular complexity index is 537. The number of nitrogens with zero attached hydrogens (tertiary/aromatic N) is 3. The van der Waals surface area contributed by atoms with Gasteiger partial charge >= 0.3 is 0 Å². The molecule has 8 heteroatoms.